The van der Waals surface area contributed by atoms with E-state index in [-0.39, 0.29) is 23.4 Å². The van der Waals surface area contributed by atoms with E-state index < -0.39 is 5.97 Å². The summed E-state index contributed by atoms with van der Waals surface area (Å²) >= 11 is 1.41. The smallest absolute Gasteiger partial charge is 0.357 e. The lowest BCUT2D eigenvalue weighted by Crippen LogP contribution is -2.23. The van der Waals surface area contributed by atoms with E-state index in [2.05, 4.69) is 9.98 Å². The van der Waals surface area contributed by atoms with Crippen molar-refractivity contribution in [3.05, 3.63) is 23.5 Å². The molecule has 1 amide bonds. The summed E-state index contributed by atoms with van der Waals surface area (Å²) in [5.41, 5.74) is 2.56. The number of hydroxylamine groups is 1. The Morgan fingerprint density at radius 2 is 2.27 bits per heavy atom. The van der Waals surface area contributed by atoms with E-state index in [0.717, 1.165) is 18.6 Å². The Morgan fingerprint density at radius 3 is 2.82 bits per heavy atom. The van der Waals surface area contributed by atoms with Crippen LogP contribution in [-0.2, 0) is 9.53 Å². The van der Waals surface area contributed by atoms with Gasteiger partial charge in [0, 0.05) is 22.6 Å². The zero-order valence-electron chi connectivity index (χ0n) is 12.3. The summed E-state index contributed by atoms with van der Waals surface area (Å²) in [6.07, 6.45) is 3.03. The number of hydrogen-bond donors (Lipinski definition) is 2. The van der Waals surface area contributed by atoms with Gasteiger partial charge in [0.1, 0.15) is 0 Å². The molecule has 8 heteroatoms. The minimum atomic E-state index is -0.535. The lowest BCUT2D eigenvalue weighted by molar-refractivity contribution is -0.118. The number of pyridine rings is 1. The predicted molar refractivity (Wildman–Crippen MR) is 81.2 cm³/mol. The second-order valence-electron chi connectivity index (χ2n) is 4.68. The molecule has 0 bridgehead atoms. The van der Waals surface area contributed by atoms with Gasteiger partial charge >= 0.3 is 5.97 Å². The van der Waals surface area contributed by atoms with Crippen LogP contribution in [-0.4, -0.2) is 40.8 Å². The number of amides is 1. The zero-order chi connectivity index (χ0) is 16.1. The molecule has 22 heavy (non-hydrogen) atoms. The first-order chi connectivity index (χ1) is 10.6. The van der Waals surface area contributed by atoms with Gasteiger partial charge in [0.15, 0.2) is 11.5 Å². The maximum atomic E-state index is 11.7. The number of nitrogens with zero attached hydrogens (tertiary/aromatic N) is 2. The highest BCUT2D eigenvalue weighted by Gasteiger charge is 2.30. The van der Waals surface area contributed by atoms with E-state index >= 15 is 0 Å². The van der Waals surface area contributed by atoms with Crippen molar-refractivity contribution in [1.29, 1.82) is 0 Å². The Balaban J connectivity index is 2.35. The quantitative estimate of drug-likeness (QED) is 0.279. The van der Waals surface area contributed by atoms with Crippen LogP contribution in [0.25, 0.3) is 0 Å². The average Bonchev–Trinajstić information content (AvgIpc) is 3.37. The van der Waals surface area contributed by atoms with E-state index in [4.69, 9.17) is 4.74 Å². The van der Waals surface area contributed by atoms with Crippen molar-refractivity contribution >= 4 is 29.5 Å². The molecule has 118 valence electrons. The van der Waals surface area contributed by atoms with Crippen molar-refractivity contribution in [2.24, 2.45) is 10.9 Å². The Labute approximate surface area is 132 Å². The molecular formula is C14H17N3O4S. The van der Waals surface area contributed by atoms with Crippen LogP contribution >= 0.6 is 11.8 Å². The second kappa shape index (κ2) is 7.37. The third kappa shape index (κ3) is 3.83. The third-order valence-electron chi connectivity index (χ3n) is 3.06. The molecule has 1 fully saturated rings. The average molecular weight is 323 g/mol. The third-order valence-corrected chi connectivity index (χ3v) is 3.97. The molecule has 2 rings (SSSR count). The van der Waals surface area contributed by atoms with E-state index in [1.807, 2.05) is 12.4 Å². The van der Waals surface area contributed by atoms with Crippen LogP contribution in [0.3, 0.4) is 0 Å². The van der Waals surface area contributed by atoms with Crippen molar-refractivity contribution in [3.8, 4) is 0 Å². The Morgan fingerprint density at radius 1 is 1.55 bits per heavy atom. The van der Waals surface area contributed by atoms with Crippen LogP contribution in [0, 0.1) is 5.92 Å². The topological polar surface area (TPSA) is 101 Å². The fourth-order valence-corrected chi connectivity index (χ4v) is 2.57. The summed E-state index contributed by atoms with van der Waals surface area (Å²) < 4.78 is 4.69. The summed E-state index contributed by atoms with van der Waals surface area (Å²) in [7, 11) is 1.29. The molecule has 0 aliphatic heterocycles. The summed E-state index contributed by atoms with van der Waals surface area (Å²) in [6.45, 7) is 1.94. The normalized spacial score (nSPS) is 14.6. The van der Waals surface area contributed by atoms with Gasteiger partial charge in [-0.2, -0.15) is 4.99 Å². The maximum absolute atomic E-state index is 11.7. The van der Waals surface area contributed by atoms with Crippen LogP contribution < -0.4 is 5.48 Å². The van der Waals surface area contributed by atoms with E-state index in [1.54, 1.807) is 6.07 Å². The number of carbonyl (C=O) groups excluding carboxylic acids is 2. The number of aliphatic imine (C=N–C) groups is 1. The lowest BCUT2D eigenvalue weighted by Gasteiger charge is -2.09. The first-order valence-corrected chi connectivity index (χ1v) is 7.83. The van der Waals surface area contributed by atoms with Gasteiger partial charge in [0.05, 0.1) is 7.11 Å². The summed E-state index contributed by atoms with van der Waals surface area (Å²) in [4.78, 5) is 32.0. The minimum Gasteiger partial charge on any atom is -0.464 e. The van der Waals surface area contributed by atoms with Gasteiger partial charge in [-0.15, -0.1) is 11.8 Å². The van der Waals surface area contributed by atoms with E-state index in [1.165, 1.54) is 25.1 Å². The van der Waals surface area contributed by atoms with Crippen LogP contribution in [0.1, 0.15) is 35.8 Å². The molecule has 1 heterocycles. The van der Waals surface area contributed by atoms with Crippen LogP contribution in [0.4, 0.5) is 0 Å². The molecule has 0 saturated heterocycles. The lowest BCUT2D eigenvalue weighted by atomic mass is 10.2. The first-order valence-electron chi connectivity index (χ1n) is 6.84. The maximum Gasteiger partial charge on any atom is 0.357 e. The highest BCUT2D eigenvalue weighted by molar-refractivity contribution is 7.99. The number of ether oxygens (including phenoxy) is 1. The molecule has 0 aromatic carbocycles. The van der Waals surface area contributed by atoms with Crippen LogP contribution in [0.5, 0.6) is 0 Å². The van der Waals surface area contributed by atoms with Crippen LogP contribution in [0.2, 0.25) is 0 Å². The number of thioether (sulfide) groups is 1. The molecule has 7 nitrogen and oxygen atoms in total. The van der Waals surface area contributed by atoms with Gasteiger partial charge in [-0.3, -0.25) is 15.5 Å². The fraction of sp³-hybridized carbons (Fsp3) is 0.429. The number of carbonyl (C=O) groups is 2. The number of aromatic nitrogens is 1. The summed E-state index contributed by atoms with van der Waals surface area (Å²) in [5.74, 6) is -0.0889. The van der Waals surface area contributed by atoms with Crippen molar-refractivity contribution in [2.45, 2.75) is 24.7 Å². The highest BCUT2D eigenvalue weighted by atomic mass is 32.2. The number of rotatable bonds is 5. The molecule has 1 aromatic heterocycles. The van der Waals surface area contributed by atoms with Gasteiger partial charge in [-0.1, -0.05) is 6.92 Å². The zero-order valence-corrected chi connectivity index (χ0v) is 13.1. The Bertz CT molecular complexity index is 614. The number of esters is 1. The Kier molecular flexibility index (Phi) is 5.51. The van der Waals surface area contributed by atoms with Gasteiger partial charge < -0.3 is 4.74 Å². The Hall–Kier alpha value is -1.93. The standard InChI is InChI=1S/C14H17N3O4S/c1-3-22-10-6-9(7-15-11(10)14(19)21-2)12(17-20)16-13(18)8-4-5-8/h6-8,20H,3-5H2,1-2H3,(H,16,17,18). The monoisotopic (exact) mass is 323 g/mol. The molecule has 0 atom stereocenters. The van der Waals surface area contributed by atoms with Gasteiger partial charge in [0.25, 0.3) is 5.91 Å². The summed E-state index contributed by atoms with van der Waals surface area (Å²) in [6, 6.07) is 1.65. The summed E-state index contributed by atoms with van der Waals surface area (Å²) in [5, 5.41) is 9.22. The predicted octanol–water partition coefficient (Wildman–Crippen LogP) is 1.64. The van der Waals surface area contributed by atoms with Crippen molar-refractivity contribution in [1.82, 2.24) is 10.5 Å². The van der Waals surface area contributed by atoms with Crippen molar-refractivity contribution in [2.75, 3.05) is 12.9 Å². The number of methoxy groups -OCH3 is 1. The van der Waals surface area contributed by atoms with Gasteiger partial charge in [0.2, 0.25) is 0 Å². The fourth-order valence-electron chi connectivity index (χ4n) is 1.78. The van der Waals surface area contributed by atoms with Crippen LogP contribution in [0.15, 0.2) is 22.2 Å². The molecular weight excluding hydrogens is 306 g/mol. The van der Waals surface area contributed by atoms with Gasteiger partial charge in [-0.05, 0) is 24.7 Å². The van der Waals surface area contributed by atoms with Gasteiger partial charge in [-0.25, -0.2) is 9.78 Å². The molecule has 1 aromatic rings. The molecule has 2 N–H and O–H groups in total. The molecule has 1 aliphatic rings. The number of amidine groups is 1. The number of hydrogen-bond acceptors (Lipinski definition) is 6. The number of nitrogens with one attached hydrogen (secondary N) is 1. The molecule has 1 saturated carbocycles. The molecule has 1 aliphatic carbocycles. The highest BCUT2D eigenvalue weighted by Crippen LogP contribution is 2.30. The van der Waals surface area contributed by atoms with E-state index in [9.17, 15) is 14.8 Å². The molecule has 0 radical (unpaired) electrons. The SMILES string of the molecule is CCSc1cc(/C(=N/C(=O)C2CC2)NO)cnc1C(=O)OC. The van der Waals surface area contributed by atoms with Crippen molar-refractivity contribution < 1.29 is 19.5 Å². The minimum absolute atomic E-state index is 0.0266. The molecule has 0 spiro atoms. The largest absolute Gasteiger partial charge is 0.464 e. The van der Waals surface area contributed by atoms with Crippen molar-refractivity contribution in [3.63, 3.8) is 0 Å². The van der Waals surface area contributed by atoms with E-state index in [0.29, 0.717) is 10.5 Å². The molecule has 0 unspecified atom stereocenters. The first kappa shape index (κ1) is 16.4. The second-order valence-corrected chi connectivity index (χ2v) is 5.99.